The number of rotatable bonds is 4. The van der Waals surface area contributed by atoms with Gasteiger partial charge in [0, 0.05) is 18.6 Å². The van der Waals surface area contributed by atoms with Crippen molar-refractivity contribution in [2.24, 2.45) is 0 Å². The van der Waals surface area contributed by atoms with E-state index in [0.717, 1.165) is 0 Å². The van der Waals surface area contributed by atoms with E-state index in [1.165, 1.54) is 11.9 Å². The number of benzene rings is 1. The van der Waals surface area contributed by atoms with E-state index in [2.05, 4.69) is 0 Å². The Labute approximate surface area is 129 Å². The van der Waals surface area contributed by atoms with E-state index in [4.69, 9.17) is 16.3 Å². The number of carbonyl (C=O) groups is 2. The van der Waals surface area contributed by atoms with Crippen molar-refractivity contribution < 1.29 is 19.4 Å². The Balaban J connectivity index is 2.82. The molecular formula is C15H20ClNO4. The summed E-state index contributed by atoms with van der Waals surface area (Å²) in [5.74, 6) is -1.84. The number of nitrogens with zero attached hydrogens (tertiary/aromatic N) is 1. The summed E-state index contributed by atoms with van der Waals surface area (Å²) in [6.07, 6.45) is -0.553. The van der Waals surface area contributed by atoms with Gasteiger partial charge in [-0.3, -0.25) is 4.79 Å². The summed E-state index contributed by atoms with van der Waals surface area (Å²) in [6, 6.07) is 6.54. The largest absolute Gasteiger partial charge is 0.481 e. The van der Waals surface area contributed by atoms with Gasteiger partial charge in [-0.1, -0.05) is 23.7 Å². The van der Waals surface area contributed by atoms with Gasteiger partial charge in [0.05, 0.1) is 5.92 Å². The molecule has 1 aromatic rings. The van der Waals surface area contributed by atoms with E-state index in [1.54, 1.807) is 45.0 Å². The van der Waals surface area contributed by atoms with Gasteiger partial charge in [0.2, 0.25) is 0 Å². The molecular weight excluding hydrogens is 294 g/mol. The molecule has 0 aliphatic rings. The highest BCUT2D eigenvalue weighted by Crippen LogP contribution is 2.20. The summed E-state index contributed by atoms with van der Waals surface area (Å²) in [5.41, 5.74) is -0.0352. The fraction of sp³-hybridized carbons (Fsp3) is 0.467. The van der Waals surface area contributed by atoms with Crippen molar-refractivity contribution >= 4 is 23.7 Å². The van der Waals surface area contributed by atoms with Crippen molar-refractivity contribution in [2.45, 2.75) is 32.3 Å². The Morgan fingerprint density at radius 3 is 2.24 bits per heavy atom. The van der Waals surface area contributed by atoms with Crippen LogP contribution in [0.15, 0.2) is 24.3 Å². The lowest BCUT2D eigenvalue weighted by atomic mass is 9.99. The smallest absolute Gasteiger partial charge is 0.410 e. The van der Waals surface area contributed by atoms with Crippen molar-refractivity contribution in [1.29, 1.82) is 0 Å². The van der Waals surface area contributed by atoms with Crippen LogP contribution < -0.4 is 0 Å². The molecule has 0 fully saturated rings. The number of hydrogen-bond acceptors (Lipinski definition) is 3. The first kappa shape index (κ1) is 17.3. The highest BCUT2D eigenvalue weighted by Gasteiger charge is 2.26. The molecule has 21 heavy (non-hydrogen) atoms. The monoisotopic (exact) mass is 313 g/mol. The molecule has 0 spiro atoms. The maximum atomic E-state index is 11.9. The normalized spacial score (nSPS) is 12.6. The molecule has 1 N–H and O–H groups in total. The minimum atomic E-state index is -1.01. The number of carboxylic acids is 1. The Morgan fingerprint density at radius 1 is 1.29 bits per heavy atom. The third kappa shape index (κ3) is 5.63. The van der Waals surface area contributed by atoms with Crippen LogP contribution in [0.4, 0.5) is 4.79 Å². The fourth-order valence-corrected chi connectivity index (χ4v) is 1.84. The molecule has 0 unspecified atom stereocenters. The first-order chi connectivity index (χ1) is 9.60. The van der Waals surface area contributed by atoms with Crippen LogP contribution in [-0.2, 0) is 9.53 Å². The molecule has 116 valence electrons. The molecule has 1 atom stereocenters. The molecule has 6 heteroatoms. The maximum absolute atomic E-state index is 11.9. The Morgan fingerprint density at radius 2 is 1.81 bits per heavy atom. The molecule has 1 amide bonds. The van der Waals surface area contributed by atoms with Gasteiger partial charge < -0.3 is 14.7 Å². The first-order valence-corrected chi connectivity index (χ1v) is 6.90. The molecule has 0 saturated carbocycles. The molecule has 1 rings (SSSR count). The Hall–Kier alpha value is -1.75. The van der Waals surface area contributed by atoms with Crippen LogP contribution in [0.5, 0.6) is 0 Å². The first-order valence-electron chi connectivity index (χ1n) is 6.52. The van der Waals surface area contributed by atoms with Gasteiger partial charge in [-0.05, 0) is 38.5 Å². The van der Waals surface area contributed by atoms with Gasteiger partial charge in [0.1, 0.15) is 5.60 Å². The molecule has 0 bridgehead atoms. The summed E-state index contributed by atoms with van der Waals surface area (Å²) in [6.45, 7) is 5.29. The van der Waals surface area contributed by atoms with E-state index in [0.29, 0.717) is 10.6 Å². The summed E-state index contributed by atoms with van der Waals surface area (Å²) < 4.78 is 5.21. The van der Waals surface area contributed by atoms with Crippen molar-refractivity contribution in [3.8, 4) is 0 Å². The molecule has 0 aliphatic heterocycles. The van der Waals surface area contributed by atoms with Gasteiger partial charge in [-0.25, -0.2) is 4.79 Å². The number of amides is 1. The number of carboxylic acid groups (broad SMARTS) is 1. The number of likely N-dealkylation sites (N-methyl/N-ethyl adjacent to an activating group) is 1. The predicted molar refractivity (Wildman–Crippen MR) is 80.7 cm³/mol. The molecule has 0 heterocycles. The zero-order valence-corrected chi connectivity index (χ0v) is 13.3. The Bertz CT molecular complexity index is 507. The third-order valence-corrected chi connectivity index (χ3v) is 2.98. The van der Waals surface area contributed by atoms with Gasteiger partial charge in [0.25, 0.3) is 0 Å². The van der Waals surface area contributed by atoms with Crippen LogP contribution in [0.3, 0.4) is 0 Å². The number of hydrogen-bond donors (Lipinski definition) is 1. The second-order valence-electron chi connectivity index (χ2n) is 5.80. The van der Waals surface area contributed by atoms with Crippen LogP contribution in [0.25, 0.3) is 0 Å². The minimum absolute atomic E-state index is 0.0197. The van der Waals surface area contributed by atoms with Gasteiger partial charge in [-0.15, -0.1) is 0 Å². The predicted octanol–water partition coefficient (Wildman–Crippen LogP) is 3.38. The molecule has 1 aromatic carbocycles. The van der Waals surface area contributed by atoms with E-state index < -0.39 is 23.6 Å². The van der Waals surface area contributed by atoms with Gasteiger partial charge >= 0.3 is 12.1 Å². The van der Waals surface area contributed by atoms with Crippen LogP contribution in [0.1, 0.15) is 32.3 Å². The molecule has 0 aromatic heterocycles. The number of ether oxygens (including phenoxy) is 1. The van der Waals surface area contributed by atoms with Gasteiger partial charge in [0.15, 0.2) is 0 Å². The summed E-state index contributed by atoms with van der Waals surface area (Å²) in [4.78, 5) is 24.6. The van der Waals surface area contributed by atoms with Crippen molar-refractivity contribution in [2.75, 3.05) is 13.6 Å². The number of halogens is 1. The van der Waals surface area contributed by atoms with Crippen LogP contribution in [0.2, 0.25) is 5.02 Å². The molecule has 0 aliphatic carbocycles. The highest BCUT2D eigenvalue weighted by molar-refractivity contribution is 6.30. The van der Waals surface area contributed by atoms with E-state index in [-0.39, 0.29) is 6.54 Å². The quantitative estimate of drug-likeness (QED) is 0.925. The Kier molecular flexibility index (Phi) is 5.61. The highest BCUT2D eigenvalue weighted by atomic mass is 35.5. The van der Waals surface area contributed by atoms with E-state index >= 15 is 0 Å². The fourth-order valence-electron chi connectivity index (χ4n) is 1.71. The topological polar surface area (TPSA) is 66.8 Å². The van der Waals surface area contributed by atoms with E-state index in [9.17, 15) is 14.7 Å². The lowest BCUT2D eigenvalue weighted by molar-refractivity contribution is -0.139. The molecule has 0 saturated heterocycles. The average molecular weight is 314 g/mol. The zero-order valence-electron chi connectivity index (χ0n) is 12.6. The SMILES string of the molecule is CN(C[C@@H](C(=O)O)c1ccc(Cl)cc1)C(=O)OC(C)(C)C. The number of carbonyl (C=O) groups excluding carboxylic acids is 1. The molecule has 0 radical (unpaired) electrons. The van der Waals surface area contributed by atoms with Crippen LogP contribution >= 0.6 is 11.6 Å². The lowest BCUT2D eigenvalue weighted by Gasteiger charge is -2.26. The van der Waals surface area contributed by atoms with Crippen LogP contribution in [0, 0.1) is 0 Å². The summed E-state index contributed by atoms with van der Waals surface area (Å²) >= 11 is 5.79. The zero-order chi connectivity index (χ0) is 16.2. The number of aliphatic carboxylic acids is 1. The van der Waals surface area contributed by atoms with E-state index in [1.807, 2.05) is 0 Å². The third-order valence-electron chi connectivity index (χ3n) is 2.73. The second-order valence-corrected chi connectivity index (χ2v) is 6.24. The maximum Gasteiger partial charge on any atom is 0.410 e. The standard InChI is InChI=1S/C15H20ClNO4/c1-15(2,3)21-14(20)17(4)9-12(13(18)19)10-5-7-11(16)8-6-10/h5-8,12H,9H2,1-4H3,(H,18,19)/t12-/m1/s1. The van der Waals surface area contributed by atoms with Crippen molar-refractivity contribution in [1.82, 2.24) is 4.90 Å². The molecule has 5 nitrogen and oxygen atoms in total. The minimum Gasteiger partial charge on any atom is -0.481 e. The lowest BCUT2D eigenvalue weighted by Crippen LogP contribution is -2.38. The summed E-state index contributed by atoms with van der Waals surface area (Å²) in [5, 5.41) is 9.88. The second kappa shape index (κ2) is 6.80. The van der Waals surface area contributed by atoms with Crippen LogP contribution in [-0.4, -0.2) is 41.3 Å². The van der Waals surface area contributed by atoms with Crippen molar-refractivity contribution in [3.05, 3.63) is 34.9 Å². The summed E-state index contributed by atoms with van der Waals surface area (Å²) in [7, 11) is 1.51. The van der Waals surface area contributed by atoms with Crippen molar-refractivity contribution in [3.63, 3.8) is 0 Å². The van der Waals surface area contributed by atoms with Gasteiger partial charge in [-0.2, -0.15) is 0 Å². The average Bonchev–Trinajstić information content (AvgIpc) is 2.34.